The first-order chi connectivity index (χ1) is 14.6. The van der Waals surface area contributed by atoms with E-state index in [2.05, 4.69) is 10.3 Å². The van der Waals surface area contributed by atoms with Crippen LogP contribution >= 0.6 is 0 Å². The second-order valence-corrected chi connectivity index (χ2v) is 7.31. The van der Waals surface area contributed by atoms with Gasteiger partial charge in [-0.25, -0.2) is 0 Å². The number of aryl methyl sites for hydroxylation is 1. The van der Waals surface area contributed by atoms with E-state index in [0.29, 0.717) is 36.4 Å². The van der Waals surface area contributed by atoms with Crippen LogP contribution in [0.1, 0.15) is 28.4 Å². The molecule has 0 spiro atoms. The zero-order chi connectivity index (χ0) is 21.1. The van der Waals surface area contributed by atoms with Gasteiger partial charge in [-0.15, -0.1) is 0 Å². The highest BCUT2D eigenvalue weighted by atomic mass is 16.5. The van der Waals surface area contributed by atoms with Crippen molar-refractivity contribution in [2.45, 2.75) is 20.3 Å². The van der Waals surface area contributed by atoms with E-state index in [4.69, 9.17) is 4.74 Å². The summed E-state index contributed by atoms with van der Waals surface area (Å²) in [7, 11) is 0. The van der Waals surface area contributed by atoms with Crippen LogP contribution in [0.25, 0.3) is 21.7 Å². The Morgan fingerprint density at radius 3 is 2.67 bits per heavy atom. The van der Waals surface area contributed by atoms with Gasteiger partial charge in [0.05, 0.1) is 12.2 Å². The molecule has 0 radical (unpaired) electrons. The number of benzene rings is 3. The van der Waals surface area contributed by atoms with Crippen molar-refractivity contribution in [3.8, 4) is 5.75 Å². The summed E-state index contributed by atoms with van der Waals surface area (Å²) in [5.41, 5.74) is 2.97. The SMILES string of the molecule is CCOc1ccc2ccccc2c1C(=O)NCCc1cc2ccc(C)cc2[nH]c1=O. The van der Waals surface area contributed by atoms with Crippen LogP contribution in [-0.2, 0) is 6.42 Å². The Hall–Kier alpha value is -3.60. The number of carbonyl (C=O) groups excluding carboxylic acids is 1. The molecule has 1 aromatic heterocycles. The normalized spacial score (nSPS) is 11.0. The number of carbonyl (C=O) groups is 1. The molecule has 152 valence electrons. The second-order valence-electron chi connectivity index (χ2n) is 7.31. The van der Waals surface area contributed by atoms with Gasteiger partial charge < -0.3 is 15.0 Å². The van der Waals surface area contributed by atoms with E-state index < -0.39 is 0 Å². The lowest BCUT2D eigenvalue weighted by molar-refractivity contribution is 0.0952. The third kappa shape index (κ3) is 3.92. The lowest BCUT2D eigenvalue weighted by Crippen LogP contribution is -2.28. The molecular weight excluding hydrogens is 376 g/mol. The Morgan fingerprint density at radius 1 is 1.03 bits per heavy atom. The van der Waals surface area contributed by atoms with Gasteiger partial charge in [-0.3, -0.25) is 9.59 Å². The quantitative estimate of drug-likeness (QED) is 0.505. The summed E-state index contributed by atoms with van der Waals surface area (Å²) in [6, 6.07) is 19.4. The molecule has 4 aromatic rings. The number of hydrogen-bond donors (Lipinski definition) is 2. The fourth-order valence-corrected chi connectivity index (χ4v) is 3.71. The fourth-order valence-electron chi connectivity index (χ4n) is 3.71. The lowest BCUT2D eigenvalue weighted by atomic mass is 10.0. The van der Waals surface area contributed by atoms with E-state index in [9.17, 15) is 9.59 Å². The molecule has 30 heavy (non-hydrogen) atoms. The molecule has 0 saturated heterocycles. The Bertz CT molecular complexity index is 1290. The minimum atomic E-state index is -0.205. The van der Waals surface area contributed by atoms with E-state index in [0.717, 1.165) is 27.2 Å². The first kappa shape index (κ1) is 19.7. The molecule has 4 rings (SSSR count). The zero-order valence-corrected chi connectivity index (χ0v) is 17.1. The minimum absolute atomic E-state index is 0.123. The van der Waals surface area contributed by atoms with Crippen LogP contribution in [0, 0.1) is 6.92 Å². The van der Waals surface area contributed by atoms with Crippen molar-refractivity contribution in [3.63, 3.8) is 0 Å². The van der Waals surface area contributed by atoms with Crippen LogP contribution in [0.4, 0.5) is 0 Å². The van der Waals surface area contributed by atoms with Crippen LogP contribution in [0.15, 0.2) is 65.5 Å². The predicted molar refractivity (Wildman–Crippen MR) is 120 cm³/mol. The molecule has 0 saturated carbocycles. The first-order valence-corrected chi connectivity index (χ1v) is 10.1. The smallest absolute Gasteiger partial charge is 0.255 e. The average molecular weight is 400 g/mol. The van der Waals surface area contributed by atoms with Crippen molar-refractivity contribution in [3.05, 3.63) is 87.7 Å². The van der Waals surface area contributed by atoms with Crippen LogP contribution in [0.2, 0.25) is 0 Å². The maximum absolute atomic E-state index is 13.0. The fraction of sp³-hybridized carbons (Fsp3) is 0.200. The molecule has 1 amide bonds. The summed E-state index contributed by atoms with van der Waals surface area (Å²) in [4.78, 5) is 28.3. The number of amides is 1. The number of ether oxygens (including phenoxy) is 1. The van der Waals surface area contributed by atoms with Crippen LogP contribution in [0.3, 0.4) is 0 Å². The van der Waals surface area contributed by atoms with Crippen LogP contribution < -0.4 is 15.6 Å². The Morgan fingerprint density at radius 2 is 1.83 bits per heavy atom. The summed E-state index contributed by atoms with van der Waals surface area (Å²) in [6.07, 6.45) is 0.444. The van der Waals surface area contributed by atoms with E-state index in [1.54, 1.807) is 0 Å². The number of rotatable bonds is 6. The van der Waals surface area contributed by atoms with Gasteiger partial charge in [-0.1, -0.05) is 42.5 Å². The summed E-state index contributed by atoms with van der Waals surface area (Å²) >= 11 is 0. The van der Waals surface area contributed by atoms with Gasteiger partial charge in [0, 0.05) is 17.6 Å². The topological polar surface area (TPSA) is 71.2 Å². The number of pyridine rings is 1. The average Bonchev–Trinajstić information content (AvgIpc) is 2.74. The molecule has 3 aromatic carbocycles. The number of aromatic amines is 1. The highest BCUT2D eigenvalue weighted by Crippen LogP contribution is 2.28. The largest absolute Gasteiger partial charge is 0.493 e. The van der Waals surface area contributed by atoms with Crippen molar-refractivity contribution in [2.24, 2.45) is 0 Å². The predicted octanol–water partition coefficient (Wildman–Crippen LogP) is 4.36. The van der Waals surface area contributed by atoms with E-state index in [1.807, 2.05) is 74.5 Å². The van der Waals surface area contributed by atoms with Gasteiger partial charge in [0.25, 0.3) is 11.5 Å². The lowest BCUT2D eigenvalue weighted by Gasteiger charge is -2.13. The third-order valence-corrected chi connectivity index (χ3v) is 5.18. The van der Waals surface area contributed by atoms with Gasteiger partial charge in [0.2, 0.25) is 0 Å². The molecule has 2 N–H and O–H groups in total. The van der Waals surface area contributed by atoms with Gasteiger partial charge in [0.15, 0.2) is 0 Å². The molecule has 0 aliphatic heterocycles. The van der Waals surface area contributed by atoms with Crippen molar-refractivity contribution >= 4 is 27.6 Å². The molecule has 0 aliphatic rings. The maximum Gasteiger partial charge on any atom is 0.255 e. The number of fused-ring (bicyclic) bond motifs is 2. The molecule has 5 nitrogen and oxygen atoms in total. The van der Waals surface area contributed by atoms with Gasteiger partial charge >= 0.3 is 0 Å². The van der Waals surface area contributed by atoms with Gasteiger partial charge in [-0.2, -0.15) is 0 Å². The highest BCUT2D eigenvalue weighted by molar-refractivity contribution is 6.09. The highest BCUT2D eigenvalue weighted by Gasteiger charge is 2.16. The molecule has 0 unspecified atom stereocenters. The zero-order valence-electron chi connectivity index (χ0n) is 17.1. The number of nitrogens with one attached hydrogen (secondary N) is 2. The molecular formula is C25H24N2O3. The summed E-state index contributed by atoms with van der Waals surface area (Å²) < 4.78 is 5.69. The number of hydrogen-bond acceptors (Lipinski definition) is 3. The number of aromatic nitrogens is 1. The van der Waals surface area contributed by atoms with Crippen LogP contribution in [-0.4, -0.2) is 24.0 Å². The monoisotopic (exact) mass is 400 g/mol. The summed E-state index contributed by atoms with van der Waals surface area (Å²) in [6.45, 7) is 4.72. The van der Waals surface area contributed by atoms with Gasteiger partial charge in [-0.05, 0) is 60.2 Å². The summed E-state index contributed by atoms with van der Waals surface area (Å²) in [5.74, 6) is 0.357. The number of H-pyrrole nitrogens is 1. The van der Waals surface area contributed by atoms with E-state index >= 15 is 0 Å². The van der Waals surface area contributed by atoms with E-state index in [-0.39, 0.29) is 11.5 Å². The van der Waals surface area contributed by atoms with Crippen molar-refractivity contribution in [1.29, 1.82) is 0 Å². The molecule has 0 bridgehead atoms. The third-order valence-electron chi connectivity index (χ3n) is 5.18. The maximum atomic E-state index is 13.0. The van der Waals surface area contributed by atoms with Crippen molar-refractivity contribution in [2.75, 3.05) is 13.2 Å². The van der Waals surface area contributed by atoms with Gasteiger partial charge in [0.1, 0.15) is 5.75 Å². The molecule has 0 fully saturated rings. The Kier molecular flexibility index (Phi) is 5.53. The van der Waals surface area contributed by atoms with E-state index in [1.165, 1.54) is 0 Å². The molecule has 5 heteroatoms. The Labute approximate surface area is 174 Å². The van der Waals surface area contributed by atoms with Crippen molar-refractivity contribution in [1.82, 2.24) is 10.3 Å². The second kappa shape index (κ2) is 8.41. The summed E-state index contributed by atoms with van der Waals surface area (Å²) in [5, 5.41) is 5.76. The van der Waals surface area contributed by atoms with Crippen molar-refractivity contribution < 1.29 is 9.53 Å². The standard InChI is InChI=1S/C25H24N2O3/c1-3-30-22-11-10-17-6-4-5-7-20(17)23(22)25(29)26-13-12-19-15-18-9-8-16(2)14-21(18)27-24(19)28/h4-11,14-15H,3,12-13H2,1-2H3,(H,26,29)(H,27,28). The molecule has 1 heterocycles. The minimum Gasteiger partial charge on any atom is -0.493 e. The molecule has 0 atom stereocenters. The molecule has 0 aliphatic carbocycles. The first-order valence-electron chi connectivity index (χ1n) is 10.1. The van der Waals surface area contributed by atoms with Crippen LogP contribution in [0.5, 0.6) is 5.75 Å². The Balaban J connectivity index is 1.55.